The number of nitrogens with zero attached hydrogens (tertiary/aromatic N) is 1. The Kier molecular flexibility index (Phi) is 5.25. The third-order valence-corrected chi connectivity index (χ3v) is 2.23. The van der Waals surface area contributed by atoms with Crippen LogP contribution in [-0.4, -0.2) is 30.2 Å². The third kappa shape index (κ3) is 4.55. The van der Waals surface area contributed by atoms with Crippen LogP contribution in [0.15, 0.2) is 18.2 Å². The molecule has 0 atom stereocenters. The predicted octanol–water partition coefficient (Wildman–Crippen LogP) is 1.76. The summed E-state index contributed by atoms with van der Waals surface area (Å²) < 4.78 is 10.1. The van der Waals surface area contributed by atoms with Gasteiger partial charge in [0.2, 0.25) is 0 Å². The molecule has 0 unspecified atom stereocenters. The fraction of sp³-hybridized carbons (Fsp3) is 0.417. The molecule has 0 amide bonds. The van der Waals surface area contributed by atoms with Crippen LogP contribution in [0.5, 0.6) is 0 Å². The maximum absolute atomic E-state index is 11.6. The summed E-state index contributed by atoms with van der Waals surface area (Å²) >= 11 is 0. The topological polar surface area (TPSA) is 105 Å². The van der Waals surface area contributed by atoms with Gasteiger partial charge in [0.05, 0.1) is 23.2 Å². The number of esters is 1. The molecule has 7 nitrogen and oxygen atoms in total. The van der Waals surface area contributed by atoms with E-state index in [2.05, 4.69) is 0 Å². The molecule has 0 aromatic heterocycles. The number of nitro benzene ring substituents is 1. The number of carbonyl (C=O) groups is 1. The van der Waals surface area contributed by atoms with Crippen molar-refractivity contribution in [2.24, 2.45) is 0 Å². The molecule has 0 saturated carbocycles. The van der Waals surface area contributed by atoms with E-state index in [1.807, 2.05) is 13.8 Å². The number of anilines is 1. The normalized spacial score (nSPS) is 10.5. The van der Waals surface area contributed by atoms with E-state index in [0.29, 0.717) is 0 Å². The Labute approximate surface area is 110 Å². The van der Waals surface area contributed by atoms with E-state index in [4.69, 9.17) is 15.2 Å². The SMILES string of the molecule is CC(C)OCCOC(=O)c1ccc(N)c([N+](=O)[O-])c1. The van der Waals surface area contributed by atoms with Crippen molar-refractivity contribution >= 4 is 17.3 Å². The van der Waals surface area contributed by atoms with Gasteiger partial charge < -0.3 is 15.2 Å². The second-order valence-electron chi connectivity index (χ2n) is 4.09. The number of hydrogen-bond donors (Lipinski definition) is 1. The lowest BCUT2D eigenvalue weighted by molar-refractivity contribution is -0.383. The van der Waals surface area contributed by atoms with Gasteiger partial charge >= 0.3 is 5.97 Å². The highest BCUT2D eigenvalue weighted by atomic mass is 16.6. The van der Waals surface area contributed by atoms with E-state index in [-0.39, 0.29) is 36.3 Å². The standard InChI is InChI=1S/C12H16N2O5/c1-8(2)18-5-6-19-12(15)9-3-4-10(13)11(7-9)14(16)17/h3-4,7-8H,5-6,13H2,1-2H3. The molecule has 0 aliphatic heterocycles. The number of benzene rings is 1. The molecule has 0 heterocycles. The molecule has 1 rings (SSSR count). The van der Waals surface area contributed by atoms with Gasteiger partial charge in [-0.2, -0.15) is 0 Å². The molecule has 2 N–H and O–H groups in total. The monoisotopic (exact) mass is 268 g/mol. The zero-order valence-electron chi connectivity index (χ0n) is 10.8. The van der Waals surface area contributed by atoms with Crippen LogP contribution in [-0.2, 0) is 9.47 Å². The third-order valence-electron chi connectivity index (χ3n) is 2.23. The lowest BCUT2D eigenvalue weighted by Crippen LogP contribution is -2.13. The zero-order valence-corrected chi connectivity index (χ0v) is 10.8. The van der Waals surface area contributed by atoms with E-state index in [9.17, 15) is 14.9 Å². The second kappa shape index (κ2) is 6.69. The zero-order chi connectivity index (χ0) is 14.4. The van der Waals surface area contributed by atoms with E-state index in [1.165, 1.54) is 12.1 Å². The van der Waals surface area contributed by atoms with Gasteiger partial charge in [-0.15, -0.1) is 0 Å². The minimum atomic E-state index is -0.645. The molecule has 0 radical (unpaired) electrons. The van der Waals surface area contributed by atoms with Crippen LogP contribution < -0.4 is 5.73 Å². The molecule has 7 heteroatoms. The van der Waals surface area contributed by atoms with Gasteiger partial charge in [0.15, 0.2) is 0 Å². The number of nitro groups is 1. The van der Waals surface area contributed by atoms with Crippen LogP contribution in [0.2, 0.25) is 0 Å². The number of nitrogen functional groups attached to an aromatic ring is 1. The van der Waals surface area contributed by atoms with Crippen molar-refractivity contribution in [1.82, 2.24) is 0 Å². The first-order valence-electron chi connectivity index (χ1n) is 5.74. The van der Waals surface area contributed by atoms with Crippen LogP contribution in [0, 0.1) is 10.1 Å². The molecule has 0 spiro atoms. The first-order valence-corrected chi connectivity index (χ1v) is 5.74. The summed E-state index contributed by atoms with van der Waals surface area (Å²) in [6, 6.07) is 3.79. The molecule has 0 bridgehead atoms. The van der Waals surface area contributed by atoms with E-state index in [1.54, 1.807) is 0 Å². The van der Waals surface area contributed by atoms with Crippen molar-refractivity contribution in [1.29, 1.82) is 0 Å². The number of ether oxygens (including phenoxy) is 2. The van der Waals surface area contributed by atoms with E-state index in [0.717, 1.165) is 6.07 Å². The van der Waals surface area contributed by atoms with Crippen LogP contribution >= 0.6 is 0 Å². The largest absolute Gasteiger partial charge is 0.460 e. The van der Waals surface area contributed by atoms with Crippen LogP contribution in [0.25, 0.3) is 0 Å². The highest BCUT2D eigenvalue weighted by Gasteiger charge is 2.16. The summed E-state index contributed by atoms with van der Waals surface area (Å²) in [7, 11) is 0. The van der Waals surface area contributed by atoms with Gasteiger partial charge in [-0.05, 0) is 26.0 Å². The van der Waals surface area contributed by atoms with Gasteiger partial charge in [0.1, 0.15) is 12.3 Å². The molecule has 1 aromatic rings. The van der Waals surface area contributed by atoms with Gasteiger partial charge in [-0.1, -0.05) is 0 Å². The first kappa shape index (κ1) is 14.9. The second-order valence-corrected chi connectivity index (χ2v) is 4.09. The summed E-state index contributed by atoms with van der Waals surface area (Å²) in [5.74, 6) is -0.643. The minimum absolute atomic E-state index is 0.00434. The average molecular weight is 268 g/mol. The summed E-state index contributed by atoms with van der Waals surface area (Å²) in [5, 5.41) is 10.7. The van der Waals surface area contributed by atoms with Gasteiger partial charge in [0, 0.05) is 6.07 Å². The van der Waals surface area contributed by atoms with Crippen molar-refractivity contribution in [2.45, 2.75) is 20.0 Å². The summed E-state index contributed by atoms with van der Waals surface area (Å²) in [6.07, 6.45) is 0.0521. The molecule has 0 aliphatic carbocycles. The smallest absolute Gasteiger partial charge is 0.338 e. The summed E-state index contributed by atoms with van der Waals surface area (Å²) in [5.41, 5.74) is 5.21. The Morgan fingerprint density at radius 1 is 1.42 bits per heavy atom. The van der Waals surface area contributed by atoms with Crippen molar-refractivity contribution in [3.8, 4) is 0 Å². The van der Waals surface area contributed by atoms with Crippen LogP contribution in [0.1, 0.15) is 24.2 Å². The Morgan fingerprint density at radius 2 is 2.11 bits per heavy atom. The van der Waals surface area contributed by atoms with Gasteiger partial charge in [-0.3, -0.25) is 10.1 Å². The molecule has 104 valence electrons. The Morgan fingerprint density at radius 3 is 2.68 bits per heavy atom. The average Bonchev–Trinajstić information content (AvgIpc) is 2.34. The highest BCUT2D eigenvalue weighted by molar-refractivity contribution is 5.91. The lowest BCUT2D eigenvalue weighted by Gasteiger charge is -2.08. The van der Waals surface area contributed by atoms with Gasteiger partial charge in [-0.25, -0.2) is 4.79 Å². The van der Waals surface area contributed by atoms with Crippen molar-refractivity contribution in [3.63, 3.8) is 0 Å². The maximum Gasteiger partial charge on any atom is 0.338 e. The molecular weight excluding hydrogens is 252 g/mol. The summed E-state index contributed by atoms with van der Waals surface area (Å²) in [4.78, 5) is 21.7. The highest BCUT2D eigenvalue weighted by Crippen LogP contribution is 2.22. The lowest BCUT2D eigenvalue weighted by atomic mass is 10.2. The molecule has 1 aromatic carbocycles. The quantitative estimate of drug-likeness (QED) is 0.277. The molecule has 0 saturated heterocycles. The predicted molar refractivity (Wildman–Crippen MR) is 68.9 cm³/mol. The van der Waals surface area contributed by atoms with Crippen molar-refractivity contribution < 1.29 is 19.2 Å². The number of rotatable bonds is 6. The number of nitrogens with two attached hydrogens (primary N) is 1. The van der Waals surface area contributed by atoms with E-state index >= 15 is 0 Å². The number of carbonyl (C=O) groups excluding carboxylic acids is 1. The summed E-state index contributed by atoms with van der Waals surface area (Å²) in [6.45, 7) is 4.10. The molecule has 19 heavy (non-hydrogen) atoms. The van der Waals surface area contributed by atoms with E-state index < -0.39 is 10.9 Å². The van der Waals surface area contributed by atoms with Gasteiger partial charge in [0.25, 0.3) is 5.69 Å². The van der Waals surface area contributed by atoms with Crippen molar-refractivity contribution in [2.75, 3.05) is 18.9 Å². The fourth-order valence-electron chi connectivity index (χ4n) is 1.33. The maximum atomic E-state index is 11.6. The van der Waals surface area contributed by atoms with Crippen LogP contribution in [0.3, 0.4) is 0 Å². The Balaban J connectivity index is 2.62. The van der Waals surface area contributed by atoms with Crippen molar-refractivity contribution in [3.05, 3.63) is 33.9 Å². The van der Waals surface area contributed by atoms with Crippen LogP contribution in [0.4, 0.5) is 11.4 Å². The first-order chi connectivity index (χ1) is 8.91. The molecule has 0 aliphatic rings. The number of hydrogen-bond acceptors (Lipinski definition) is 6. The Hall–Kier alpha value is -2.15. The fourth-order valence-corrected chi connectivity index (χ4v) is 1.33. The minimum Gasteiger partial charge on any atom is -0.460 e. The Bertz CT molecular complexity index is 473. The molecule has 0 fully saturated rings. The molecular formula is C12H16N2O5.